The van der Waals surface area contributed by atoms with Crippen LogP contribution in [0.2, 0.25) is 0 Å². The molecule has 0 saturated heterocycles. The zero-order valence-corrected chi connectivity index (χ0v) is 11.4. The number of hydrogen-bond acceptors (Lipinski definition) is 4. The zero-order chi connectivity index (χ0) is 14.2. The Morgan fingerprint density at radius 2 is 1.15 bits per heavy atom. The predicted molar refractivity (Wildman–Crippen MR) is 78.3 cm³/mol. The highest BCUT2D eigenvalue weighted by Gasteiger charge is 2.07. The Morgan fingerprint density at radius 1 is 0.700 bits per heavy atom. The SMILES string of the molecule is OCCCOc1ccc(OCCCO)c2ccccc12. The average Bonchev–Trinajstić information content (AvgIpc) is 2.49. The molecule has 4 heteroatoms. The van der Waals surface area contributed by atoms with Crippen LogP contribution in [0.1, 0.15) is 12.8 Å². The summed E-state index contributed by atoms with van der Waals surface area (Å²) in [5.41, 5.74) is 0. The number of ether oxygens (including phenoxy) is 2. The molecule has 2 N–H and O–H groups in total. The summed E-state index contributed by atoms with van der Waals surface area (Å²) in [5, 5.41) is 19.6. The van der Waals surface area contributed by atoms with Crippen LogP contribution in [0.3, 0.4) is 0 Å². The Bertz CT molecular complexity index is 490. The molecule has 2 rings (SSSR count). The third-order valence-corrected chi connectivity index (χ3v) is 2.96. The molecule has 0 aromatic heterocycles. The number of benzene rings is 2. The van der Waals surface area contributed by atoms with Gasteiger partial charge in [0.2, 0.25) is 0 Å². The van der Waals surface area contributed by atoms with Gasteiger partial charge in [0, 0.05) is 36.8 Å². The van der Waals surface area contributed by atoms with Crippen molar-refractivity contribution in [2.24, 2.45) is 0 Å². The first kappa shape index (κ1) is 14.6. The first-order valence-corrected chi connectivity index (χ1v) is 6.86. The summed E-state index contributed by atoms with van der Waals surface area (Å²) in [4.78, 5) is 0. The van der Waals surface area contributed by atoms with Crippen LogP contribution >= 0.6 is 0 Å². The topological polar surface area (TPSA) is 58.9 Å². The highest BCUT2D eigenvalue weighted by Crippen LogP contribution is 2.33. The number of aliphatic hydroxyl groups excluding tert-OH is 2. The summed E-state index contributed by atoms with van der Waals surface area (Å²) in [6, 6.07) is 11.7. The molecule has 2 aromatic rings. The van der Waals surface area contributed by atoms with Crippen molar-refractivity contribution in [1.82, 2.24) is 0 Å². The Kier molecular flexibility index (Phi) is 5.65. The maximum atomic E-state index is 8.80. The van der Waals surface area contributed by atoms with Crippen LogP contribution in [0.15, 0.2) is 36.4 Å². The Labute approximate surface area is 118 Å². The second-order valence-electron chi connectivity index (χ2n) is 4.46. The lowest BCUT2D eigenvalue weighted by atomic mass is 10.1. The molecule has 0 radical (unpaired) electrons. The quantitative estimate of drug-likeness (QED) is 0.727. The molecule has 0 amide bonds. The molecule has 4 nitrogen and oxygen atoms in total. The largest absolute Gasteiger partial charge is 0.493 e. The summed E-state index contributed by atoms with van der Waals surface area (Å²) < 4.78 is 11.4. The molecule has 0 bridgehead atoms. The van der Waals surface area contributed by atoms with Crippen molar-refractivity contribution in [3.05, 3.63) is 36.4 Å². The Balaban J connectivity index is 2.22. The van der Waals surface area contributed by atoms with Gasteiger partial charge in [0.1, 0.15) is 11.5 Å². The van der Waals surface area contributed by atoms with Crippen LogP contribution in [0, 0.1) is 0 Å². The third kappa shape index (κ3) is 3.62. The van der Waals surface area contributed by atoms with Crippen LogP contribution in [0.5, 0.6) is 11.5 Å². The van der Waals surface area contributed by atoms with Gasteiger partial charge in [-0.25, -0.2) is 0 Å². The molecule has 0 atom stereocenters. The lowest BCUT2D eigenvalue weighted by Gasteiger charge is -2.13. The van der Waals surface area contributed by atoms with Gasteiger partial charge in [-0.2, -0.15) is 0 Å². The van der Waals surface area contributed by atoms with Crippen LogP contribution in [-0.2, 0) is 0 Å². The van der Waals surface area contributed by atoms with Gasteiger partial charge in [0.05, 0.1) is 13.2 Å². The maximum absolute atomic E-state index is 8.80. The van der Waals surface area contributed by atoms with Gasteiger partial charge in [-0.1, -0.05) is 24.3 Å². The molecule has 108 valence electrons. The summed E-state index contributed by atoms with van der Waals surface area (Å²) in [6.45, 7) is 1.23. The number of fused-ring (bicyclic) bond motifs is 1. The normalized spacial score (nSPS) is 10.7. The fourth-order valence-electron chi connectivity index (χ4n) is 1.99. The van der Waals surface area contributed by atoms with E-state index in [0.717, 1.165) is 22.3 Å². The number of hydrogen-bond donors (Lipinski definition) is 2. The van der Waals surface area contributed by atoms with E-state index >= 15 is 0 Å². The van der Waals surface area contributed by atoms with Gasteiger partial charge in [0.15, 0.2) is 0 Å². The molecule has 0 aliphatic carbocycles. The van der Waals surface area contributed by atoms with Crippen molar-refractivity contribution in [2.45, 2.75) is 12.8 Å². The molecule has 0 unspecified atom stereocenters. The third-order valence-electron chi connectivity index (χ3n) is 2.96. The van der Waals surface area contributed by atoms with E-state index in [2.05, 4.69) is 0 Å². The Hall–Kier alpha value is -1.78. The molecular weight excluding hydrogens is 256 g/mol. The van der Waals surface area contributed by atoms with Crippen molar-refractivity contribution in [1.29, 1.82) is 0 Å². The molecule has 0 aliphatic heterocycles. The van der Waals surface area contributed by atoms with Crippen LogP contribution < -0.4 is 9.47 Å². The van der Waals surface area contributed by atoms with Crippen LogP contribution in [-0.4, -0.2) is 36.6 Å². The smallest absolute Gasteiger partial charge is 0.127 e. The van der Waals surface area contributed by atoms with Crippen molar-refractivity contribution in [3.8, 4) is 11.5 Å². The second-order valence-corrected chi connectivity index (χ2v) is 4.46. The minimum absolute atomic E-state index is 0.125. The van der Waals surface area contributed by atoms with Gasteiger partial charge >= 0.3 is 0 Å². The average molecular weight is 276 g/mol. The molecule has 0 spiro atoms. The van der Waals surface area contributed by atoms with E-state index in [-0.39, 0.29) is 13.2 Å². The standard InChI is InChI=1S/C16H20O4/c17-9-3-11-19-15-7-8-16(20-12-4-10-18)14-6-2-1-5-13(14)15/h1-2,5-8,17-18H,3-4,9-12H2. The minimum Gasteiger partial charge on any atom is -0.493 e. The van der Waals surface area contributed by atoms with E-state index in [1.54, 1.807) is 0 Å². The van der Waals surface area contributed by atoms with E-state index in [4.69, 9.17) is 19.7 Å². The second kappa shape index (κ2) is 7.72. The molecule has 2 aromatic carbocycles. The van der Waals surface area contributed by atoms with Crippen molar-refractivity contribution in [2.75, 3.05) is 26.4 Å². The van der Waals surface area contributed by atoms with Gasteiger partial charge in [-0.15, -0.1) is 0 Å². The first-order chi connectivity index (χ1) is 9.86. The van der Waals surface area contributed by atoms with Gasteiger partial charge < -0.3 is 19.7 Å². The van der Waals surface area contributed by atoms with Crippen molar-refractivity contribution in [3.63, 3.8) is 0 Å². The zero-order valence-electron chi connectivity index (χ0n) is 11.4. The molecule has 20 heavy (non-hydrogen) atoms. The van der Waals surface area contributed by atoms with Crippen molar-refractivity contribution < 1.29 is 19.7 Å². The van der Waals surface area contributed by atoms with E-state index in [1.807, 2.05) is 36.4 Å². The number of aliphatic hydroxyl groups is 2. The van der Waals surface area contributed by atoms with E-state index < -0.39 is 0 Å². The summed E-state index contributed by atoms with van der Waals surface area (Å²) >= 11 is 0. The molecule has 0 heterocycles. The first-order valence-electron chi connectivity index (χ1n) is 6.86. The predicted octanol–water partition coefficient (Wildman–Crippen LogP) is 2.36. The fraction of sp³-hybridized carbons (Fsp3) is 0.375. The van der Waals surface area contributed by atoms with Gasteiger partial charge in [-0.3, -0.25) is 0 Å². The minimum atomic E-state index is 0.125. The van der Waals surface area contributed by atoms with E-state index in [1.165, 1.54) is 0 Å². The highest BCUT2D eigenvalue weighted by molar-refractivity contribution is 5.93. The van der Waals surface area contributed by atoms with Crippen molar-refractivity contribution >= 4 is 10.8 Å². The monoisotopic (exact) mass is 276 g/mol. The number of rotatable bonds is 8. The maximum Gasteiger partial charge on any atom is 0.127 e. The van der Waals surface area contributed by atoms with Crippen LogP contribution in [0.4, 0.5) is 0 Å². The van der Waals surface area contributed by atoms with E-state index in [0.29, 0.717) is 26.1 Å². The molecule has 0 fully saturated rings. The lowest BCUT2D eigenvalue weighted by Crippen LogP contribution is -2.02. The summed E-state index contributed by atoms with van der Waals surface area (Å²) in [5.74, 6) is 1.59. The summed E-state index contributed by atoms with van der Waals surface area (Å²) in [6.07, 6.45) is 1.23. The molecule has 0 aliphatic rings. The molecular formula is C16H20O4. The van der Waals surface area contributed by atoms with Gasteiger partial charge in [0.25, 0.3) is 0 Å². The fourth-order valence-corrected chi connectivity index (χ4v) is 1.99. The summed E-state index contributed by atoms with van der Waals surface area (Å²) in [7, 11) is 0. The lowest BCUT2D eigenvalue weighted by molar-refractivity contribution is 0.232. The van der Waals surface area contributed by atoms with Crippen LogP contribution in [0.25, 0.3) is 10.8 Å². The van der Waals surface area contributed by atoms with Gasteiger partial charge in [-0.05, 0) is 12.1 Å². The Morgan fingerprint density at radius 3 is 1.55 bits per heavy atom. The van der Waals surface area contributed by atoms with E-state index in [9.17, 15) is 0 Å². The molecule has 0 saturated carbocycles. The highest BCUT2D eigenvalue weighted by atomic mass is 16.5.